The number of carbonyl (C=O) groups excluding carboxylic acids is 2. The second kappa shape index (κ2) is 7.77. The highest BCUT2D eigenvalue weighted by molar-refractivity contribution is 5.98. The summed E-state index contributed by atoms with van der Waals surface area (Å²) in [5, 5.41) is 11.0. The molecule has 144 valence electrons. The van der Waals surface area contributed by atoms with E-state index in [0.29, 0.717) is 37.2 Å². The van der Waals surface area contributed by atoms with Gasteiger partial charge >= 0.3 is 0 Å². The minimum absolute atomic E-state index is 0.105. The Labute approximate surface area is 161 Å². The number of ether oxygens (including phenoxy) is 1. The van der Waals surface area contributed by atoms with Crippen molar-refractivity contribution in [2.24, 2.45) is 0 Å². The van der Waals surface area contributed by atoms with E-state index in [2.05, 4.69) is 20.7 Å². The summed E-state index contributed by atoms with van der Waals surface area (Å²) in [4.78, 5) is 29.2. The molecule has 3 heterocycles. The Morgan fingerprint density at radius 1 is 1.29 bits per heavy atom. The normalized spacial score (nSPS) is 15.4. The number of methoxy groups -OCH3 is 1. The summed E-state index contributed by atoms with van der Waals surface area (Å²) < 4.78 is 6.72. The van der Waals surface area contributed by atoms with E-state index in [1.54, 1.807) is 30.3 Å². The van der Waals surface area contributed by atoms with Crippen LogP contribution in [-0.4, -0.2) is 52.9 Å². The first-order chi connectivity index (χ1) is 13.7. The van der Waals surface area contributed by atoms with Gasteiger partial charge in [0.1, 0.15) is 0 Å². The number of nitrogens with zero attached hydrogens (tertiary/aromatic N) is 3. The average Bonchev–Trinajstić information content (AvgIpc) is 3.27. The Bertz CT molecular complexity index is 1030. The molecule has 0 saturated carbocycles. The van der Waals surface area contributed by atoms with Crippen LogP contribution in [0, 0.1) is 0 Å². The molecule has 0 bridgehead atoms. The molecule has 28 heavy (non-hydrogen) atoms. The van der Waals surface area contributed by atoms with Crippen molar-refractivity contribution in [1.29, 1.82) is 0 Å². The molecule has 0 fully saturated rings. The lowest BCUT2D eigenvalue weighted by atomic mass is 10.1. The van der Waals surface area contributed by atoms with Gasteiger partial charge in [-0.2, -0.15) is 5.10 Å². The van der Waals surface area contributed by atoms with Crippen molar-refractivity contribution in [1.82, 2.24) is 25.4 Å². The largest absolute Gasteiger partial charge is 0.383 e. The van der Waals surface area contributed by atoms with Crippen molar-refractivity contribution >= 4 is 22.7 Å². The molecule has 0 saturated heterocycles. The van der Waals surface area contributed by atoms with Gasteiger partial charge in [-0.25, -0.2) is 0 Å². The van der Waals surface area contributed by atoms with E-state index in [-0.39, 0.29) is 17.9 Å². The highest BCUT2D eigenvalue weighted by atomic mass is 16.5. The molecular weight excluding hydrogens is 358 g/mol. The minimum atomic E-state index is -0.174. The standard InChI is InChI=1S/C20H21N5O3/c1-28-8-7-22-20(27)16-11-23-25-12-15(10-18(16)25)24-19(26)14-4-5-17-13(9-14)3-2-6-21-17/h2-6,9,11,15H,7-8,10,12H2,1H3,(H,22,27)(H,24,26)/t15-/m0/s1. The monoisotopic (exact) mass is 379 g/mol. The van der Waals surface area contributed by atoms with Gasteiger partial charge in [0.05, 0.1) is 42.2 Å². The number of pyridine rings is 1. The van der Waals surface area contributed by atoms with Crippen LogP contribution in [0.2, 0.25) is 0 Å². The Balaban J connectivity index is 1.42. The summed E-state index contributed by atoms with van der Waals surface area (Å²) in [7, 11) is 1.59. The topological polar surface area (TPSA) is 98.1 Å². The fraction of sp³-hybridized carbons (Fsp3) is 0.300. The maximum Gasteiger partial charge on any atom is 0.254 e. The number of carbonyl (C=O) groups is 2. The fourth-order valence-electron chi connectivity index (χ4n) is 3.42. The molecular formula is C20H21N5O3. The smallest absolute Gasteiger partial charge is 0.254 e. The molecule has 0 radical (unpaired) electrons. The summed E-state index contributed by atoms with van der Waals surface area (Å²) >= 11 is 0. The lowest BCUT2D eigenvalue weighted by Crippen LogP contribution is -2.36. The molecule has 8 heteroatoms. The Morgan fingerprint density at radius 2 is 2.18 bits per heavy atom. The van der Waals surface area contributed by atoms with Crippen LogP contribution in [0.1, 0.15) is 26.4 Å². The number of rotatable bonds is 6. The average molecular weight is 379 g/mol. The number of hydrogen-bond donors (Lipinski definition) is 2. The summed E-state index contributed by atoms with van der Waals surface area (Å²) in [6.45, 7) is 1.44. The van der Waals surface area contributed by atoms with Crippen LogP contribution in [0.25, 0.3) is 10.9 Å². The van der Waals surface area contributed by atoms with Gasteiger partial charge in [0.2, 0.25) is 0 Å². The van der Waals surface area contributed by atoms with E-state index in [1.165, 1.54) is 0 Å². The van der Waals surface area contributed by atoms with Crippen molar-refractivity contribution in [2.75, 3.05) is 20.3 Å². The van der Waals surface area contributed by atoms with Crippen molar-refractivity contribution in [2.45, 2.75) is 19.0 Å². The predicted octanol–water partition coefficient (Wildman–Crippen LogP) is 1.16. The molecule has 2 aromatic heterocycles. The zero-order valence-corrected chi connectivity index (χ0v) is 15.5. The number of aromatic nitrogens is 3. The lowest BCUT2D eigenvalue weighted by Gasteiger charge is -2.12. The number of amides is 2. The molecule has 4 rings (SSSR count). The minimum Gasteiger partial charge on any atom is -0.383 e. The molecule has 0 unspecified atom stereocenters. The van der Waals surface area contributed by atoms with Crippen LogP contribution in [0.4, 0.5) is 0 Å². The van der Waals surface area contributed by atoms with Crippen LogP contribution >= 0.6 is 0 Å². The molecule has 1 atom stereocenters. The second-order valence-electron chi connectivity index (χ2n) is 6.72. The summed E-state index contributed by atoms with van der Waals surface area (Å²) in [6.07, 6.45) is 3.87. The van der Waals surface area contributed by atoms with Crippen LogP contribution in [-0.2, 0) is 17.7 Å². The Kier molecular flexibility index (Phi) is 5.03. The summed E-state index contributed by atoms with van der Waals surface area (Å²) in [5.41, 5.74) is 2.82. The molecule has 1 aliphatic rings. The molecule has 1 aromatic carbocycles. The summed E-state index contributed by atoms with van der Waals surface area (Å²) in [6, 6.07) is 9.11. The van der Waals surface area contributed by atoms with Gasteiger partial charge < -0.3 is 15.4 Å². The van der Waals surface area contributed by atoms with Gasteiger partial charge in [-0.15, -0.1) is 0 Å². The highest BCUT2D eigenvalue weighted by Crippen LogP contribution is 2.20. The zero-order valence-electron chi connectivity index (χ0n) is 15.5. The molecule has 2 amide bonds. The molecule has 0 aliphatic carbocycles. The molecule has 1 aliphatic heterocycles. The lowest BCUT2D eigenvalue weighted by molar-refractivity contribution is 0.0931. The third-order valence-corrected chi connectivity index (χ3v) is 4.82. The number of fused-ring (bicyclic) bond motifs is 2. The first kappa shape index (κ1) is 18.1. The number of nitrogens with one attached hydrogen (secondary N) is 2. The van der Waals surface area contributed by atoms with E-state index in [1.807, 2.05) is 24.3 Å². The molecule has 3 aromatic rings. The third kappa shape index (κ3) is 3.59. The maximum absolute atomic E-state index is 12.7. The Hall–Kier alpha value is -3.26. The van der Waals surface area contributed by atoms with Gasteiger partial charge in [-0.3, -0.25) is 19.3 Å². The fourth-order valence-corrected chi connectivity index (χ4v) is 3.42. The first-order valence-corrected chi connectivity index (χ1v) is 9.13. The zero-order chi connectivity index (χ0) is 19.5. The quantitative estimate of drug-likeness (QED) is 0.627. The van der Waals surface area contributed by atoms with E-state index in [0.717, 1.165) is 16.6 Å². The molecule has 8 nitrogen and oxygen atoms in total. The second-order valence-corrected chi connectivity index (χ2v) is 6.72. The number of benzene rings is 1. The van der Waals surface area contributed by atoms with Crippen molar-refractivity contribution < 1.29 is 14.3 Å². The maximum atomic E-state index is 12.7. The SMILES string of the molecule is COCCNC(=O)c1cnn2c1C[C@H](NC(=O)c1ccc3ncccc3c1)C2. The molecule has 2 N–H and O–H groups in total. The van der Waals surface area contributed by atoms with Gasteiger partial charge in [-0.05, 0) is 24.3 Å². The van der Waals surface area contributed by atoms with Crippen LogP contribution in [0.3, 0.4) is 0 Å². The molecule has 0 spiro atoms. The Morgan fingerprint density at radius 3 is 3.04 bits per heavy atom. The van der Waals surface area contributed by atoms with E-state index < -0.39 is 0 Å². The predicted molar refractivity (Wildman–Crippen MR) is 103 cm³/mol. The van der Waals surface area contributed by atoms with Crippen molar-refractivity contribution in [3.8, 4) is 0 Å². The van der Waals surface area contributed by atoms with Crippen molar-refractivity contribution in [3.05, 3.63) is 59.5 Å². The van der Waals surface area contributed by atoms with Crippen LogP contribution in [0.5, 0.6) is 0 Å². The van der Waals surface area contributed by atoms with Gasteiger partial charge in [-0.1, -0.05) is 6.07 Å². The number of hydrogen-bond acceptors (Lipinski definition) is 5. The van der Waals surface area contributed by atoms with Crippen molar-refractivity contribution in [3.63, 3.8) is 0 Å². The first-order valence-electron chi connectivity index (χ1n) is 9.13. The van der Waals surface area contributed by atoms with Gasteiger partial charge in [0.15, 0.2) is 0 Å². The van der Waals surface area contributed by atoms with Crippen LogP contribution < -0.4 is 10.6 Å². The van der Waals surface area contributed by atoms with Gasteiger partial charge in [0.25, 0.3) is 11.8 Å². The summed E-state index contributed by atoms with van der Waals surface area (Å²) in [5.74, 6) is -0.320. The van der Waals surface area contributed by atoms with E-state index in [4.69, 9.17) is 4.74 Å². The van der Waals surface area contributed by atoms with Gasteiger partial charge in [0, 0.05) is 37.2 Å². The van der Waals surface area contributed by atoms with E-state index >= 15 is 0 Å². The highest BCUT2D eigenvalue weighted by Gasteiger charge is 2.29. The third-order valence-electron chi connectivity index (χ3n) is 4.82. The van der Waals surface area contributed by atoms with Crippen LogP contribution in [0.15, 0.2) is 42.7 Å². The van der Waals surface area contributed by atoms with E-state index in [9.17, 15) is 9.59 Å².